The molecule has 1 nitrogen and oxygen atoms in total. The molecule has 1 aromatic carbocycles. The van der Waals surface area contributed by atoms with Gasteiger partial charge in [0.1, 0.15) is 0 Å². The lowest BCUT2D eigenvalue weighted by molar-refractivity contribution is 0.185. The minimum absolute atomic E-state index is 0.443. The molecule has 0 radical (unpaired) electrons. The van der Waals surface area contributed by atoms with Crippen LogP contribution in [-0.4, -0.2) is 13.2 Å². The van der Waals surface area contributed by atoms with Crippen LogP contribution in [0.1, 0.15) is 36.2 Å². The van der Waals surface area contributed by atoms with Crippen LogP contribution in [0.2, 0.25) is 0 Å². The van der Waals surface area contributed by atoms with Crippen LogP contribution in [0, 0.1) is 11.8 Å². The van der Waals surface area contributed by atoms with Crippen molar-refractivity contribution in [2.24, 2.45) is 11.8 Å². The zero-order valence-electron chi connectivity index (χ0n) is 10.7. The van der Waals surface area contributed by atoms with Crippen molar-refractivity contribution in [2.75, 3.05) is 13.2 Å². The largest absolute Gasteiger partial charge is 0.381 e. The van der Waals surface area contributed by atoms with Gasteiger partial charge in [-0.15, -0.1) is 0 Å². The van der Waals surface area contributed by atoms with Gasteiger partial charge in [-0.1, -0.05) is 54.0 Å². The molecule has 2 atom stereocenters. The Morgan fingerprint density at radius 1 is 1.29 bits per heavy atom. The zero-order chi connectivity index (χ0) is 12.3. The van der Waals surface area contributed by atoms with Crippen molar-refractivity contribution < 1.29 is 4.74 Å². The lowest BCUT2D eigenvalue weighted by Gasteiger charge is -2.16. The molecule has 0 saturated carbocycles. The molecular weight excluding hydrogens is 276 g/mol. The molecule has 0 N–H and O–H groups in total. The van der Waals surface area contributed by atoms with Gasteiger partial charge in [-0.3, -0.25) is 0 Å². The molecule has 1 heterocycles. The SMILES string of the molecule is CC(C)Cc1ccc(C(Br)C2CCOC2)cc1. The van der Waals surface area contributed by atoms with Gasteiger partial charge in [-0.25, -0.2) is 0 Å². The monoisotopic (exact) mass is 296 g/mol. The fourth-order valence-electron chi connectivity index (χ4n) is 2.36. The number of ether oxygens (including phenoxy) is 1. The topological polar surface area (TPSA) is 9.23 Å². The summed E-state index contributed by atoms with van der Waals surface area (Å²) in [6.07, 6.45) is 2.34. The molecule has 1 fully saturated rings. The van der Waals surface area contributed by atoms with E-state index in [0.29, 0.717) is 10.7 Å². The highest BCUT2D eigenvalue weighted by Crippen LogP contribution is 2.35. The first-order valence-electron chi connectivity index (χ1n) is 6.47. The summed E-state index contributed by atoms with van der Waals surface area (Å²) < 4.78 is 5.45. The Morgan fingerprint density at radius 2 is 2.00 bits per heavy atom. The van der Waals surface area contributed by atoms with Crippen molar-refractivity contribution in [3.63, 3.8) is 0 Å². The summed E-state index contributed by atoms with van der Waals surface area (Å²) in [4.78, 5) is 0.443. The highest BCUT2D eigenvalue weighted by molar-refractivity contribution is 9.09. The summed E-state index contributed by atoms with van der Waals surface area (Å²) in [5.41, 5.74) is 2.82. The number of halogens is 1. The number of benzene rings is 1. The van der Waals surface area contributed by atoms with E-state index in [1.54, 1.807) is 0 Å². The van der Waals surface area contributed by atoms with E-state index in [1.807, 2.05) is 0 Å². The minimum Gasteiger partial charge on any atom is -0.381 e. The Morgan fingerprint density at radius 3 is 2.53 bits per heavy atom. The first-order chi connectivity index (χ1) is 8.16. The molecule has 2 rings (SSSR count). The van der Waals surface area contributed by atoms with Gasteiger partial charge in [0.25, 0.3) is 0 Å². The molecule has 1 aliphatic heterocycles. The third kappa shape index (κ3) is 3.56. The molecule has 2 heteroatoms. The molecule has 0 spiro atoms. The maximum Gasteiger partial charge on any atom is 0.0509 e. The van der Waals surface area contributed by atoms with Crippen LogP contribution in [-0.2, 0) is 11.2 Å². The van der Waals surface area contributed by atoms with Crippen LogP contribution < -0.4 is 0 Å². The van der Waals surface area contributed by atoms with Gasteiger partial charge < -0.3 is 4.74 Å². The normalized spacial score (nSPS) is 22.0. The Balaban J connectivity index is 2.01. The van der Waals surface area contributed by atoms with Crippen molar-refractivity contribution in [2.45, 2.75) is 31.5 Å². The van der Waals surface area contributed by atoms with Crippen LogP contribution in [0.15, 0.2) is 24.3 Å². The summed E-state index contributed by atoms with van der Waals surface area (Å²) in [5.74, 6) is 1.36. The first kappa shape index (κ1) is 13.1. The van der Waals surface area contributed by atoms with E-state index in [2.05, 4.69) is 54.0 Å². The lowest BCUT2D eigenvalue weighted by Crippen LogP contribution is -2.07. The minimum atomic E-state index is 0.443. The van der Waals surface area contributed by atoms with E-state index in [1.165, 1.54) is 24.0 Å². The molecule has 1 aromatic rings. The molecule has 17 heavy (non-hydrogen) atoms. The van der Waals surface area contributed by atoms with Crippen molar-refractivity contribution in [1.29, 1.82) is 0 Å². The summed E-state index contributed by atoms with van der Waals surface area (Å²) in [5, 5.41) is 0. The summed E-state index contributed by atoms with van der Waals surface area (Å²) in [6.45, 7) is 6.33. The third-order valence-corrected chi connectivity index (χ3v) is 4.60. The van der Waals surface area contributed by atoms with Gasteiger partial charge in [0.15, 0.2) is 0 Å². The zero-order valence-corrected chi connectivity index (χ0v) is 12.2. The van der Waals surface area contributed by atoms with Crippen LogP contribution in [0.5, 0.6) is 0 Å². The standard InChI is InChI=1S/C15H21BrO/c1-11(2)9-12-3-5-13(6-4-12)15(16)14-7-8-17-10-14/h3-6,11,14-15H,7-10H2,1-2H3. The van der Waals surface area contributed by atoms with E-state index in [-0.39, 0.29) is 0 Å². The van der Waals surface area contributed by atoms with E-state index in [4.69, 9.17) is 4.74 Å². The molecule has 1 saturated heterocycles. The second-order valence-electron chi connectivity index (χ2n) is 5.36. The molecule has 1 aliphatic rings. The molecule has 0 aromatic heterocycles. The predicted molar refractivity (Wildman–Crippen MR) is 75.6 cm³/mol. The number of hydrogen-bond donors (Lipinski definition) is 0. The summed E-state index contributed by atoms with van der Waals surface area (Å²) in [6, 6.07) is 9.05. The number of alkyl halides is 1. The van der Waals surface area contributed by atoms with Crippen LogP contribution in [0.25, 0.3) is 0 Å². The lowest BCUT2D eigenvalue weighted by atomic mass is 9.96. The van der Waals surface area contributed by atoms with Crippen LogP contribution in [0.4, 0.5) is 0 Å². The van der Waals surface area contributed by atoms with Crippen molar-refractivity contribution >= 4 is 15.9 Å². The number of rotatable bonds is 4. The summed E-state index contributed by atoms with van der Waals surface area (Å²) in [7, 11) is 0. The van der Waals surface area contributed by atoms with E-state index in [0.717, 1.165) is 19.1 Å². The van der Waals surface area contributed by atoms with Gasteiger partial charge in [0, 0.05) is 17.4 Å². The fraction of sp³-hybridized carbons (Fsp3) is 0.600. The second kappa shape index (κ2) is 6.01. The van der Waals surface area contributed by atoms with E-state index in [9.17, 15) is 0 Å². The first-order valence-corrected chi connectivity index (χ1v) is 7.39. The van der Waals surface area contributed by atoms with E-state index >= 15 is 0 Å². The van der Waals surface area contributed by atoms with Gasteiger partial charge in [-0.2, -0.15) is 0 Å². The van der Waals surface area contributed by atoms with Crippen LogP contribution >= 0.6 is 15.9 Å². The van der Waals surface area contributed by atoms with Gasteiger partial charge in [-0.05, 0) is 29.9 Å². The van der Waals surface area contributed by atoms with Gasteiger partial charge >= 0.3 is 0 Å². The Labute approximate surface area is 113 Å². The second-order valence-corrected chi connectivity index (χ2v) is 6.35. The predicted octanol–water partition coefficient (Wildman–Crippen LogP) is 4.36. The van der Waals surface area contributed by atoms with E-state index < -0.39 is 0 Å². The van der Waals surface area contributed by atoms with Gasteiger partial charge in [0.05, 0.1) is 6.61 Å². The molecule has 0 bridgehead atoms. The molecule has 0 amide bonds. The smallest absolute Gasteiger partial charge is 0.0509 e. The molecular formula is C15H21BrO. The highest BCUT2D eigenvalue weighted by Gasteiger charge is 2.24. The number of hydrogen-bond acceptors (Lipinski definition) is 1. The average molecular weight is 297 g/mol. The van der Waals surface area contributed by atoms with Crippen molar-refractivity contribution in [1.82, 2.24) is 0 Å². The maximum atomic E-state index is 5.45. The third-order valence-electron chi connectivity index (χ3n) is 3.32. The average Bonchev–Trinajstić information content (AvgIpc) is 2.82. The quantitative estimate of drug-likeness (QED) is 0.750. The van der Waals surface area contributed by atoms with Crippen molar-refractivity contribution in [3.05, 3.63) is 35.4 Å². The molecule has 0 aliphatic carbocycles. The molecule has 94 valence electrons. The maximum absolute atomic E-state index is 5.45. The fourth-order valence-corrected chi connectivity index (χ4v) is 3.09. The Hall–Kier alpha value is -0.340. The summed E-state index contributed by atoms with van der Waals surface area (Å²) >= 11 is 3.81. The van der Waals surface area contributed by atoms with Gasteiger partial charge in [0.2, 0.25) is 0 Å². The Kier molecular flexibility index (Phi) is 4.63. The Bertz CT molecular complexity index is 338. The highest BCUT2D eigenvalue weighted by atomic mass is 79.9. The van der Waals surface area contributed by atoms with Crippen molar-refractivity contribution in [3.8, 4) is 0 Å². The molecule has 2 unspecified atom stereocenters. The van der Waals surface area contributed by atoms with Crippen LogP contribution in [0.3, 0.4) is 0 Å².